The minimum absolute atomic E-state index is 0.116. The number of para-hydroxylation sites is 1. The molecule has 1 aliphatic heterocycles. The van der Waals surface area contributed by atoms with Crippen molar-refractivity contribution < 1.29 is 14.3 Å². The third kappa shape index (κ3) is 4.03. The zero-order valence-electron chi connectivity index (χ0n) is 14.3. The van der Waals surface area contributed by atoms with E-state index in [9.17, 15) is 4.79 Å². The molecule has 1 aliphatic rings. The molecule has 0 saturated carbocycles. The third-order valence-corrected chi connectivity index (χ3v) is 5.35. The van der Waals surface area contributed by atoms with Crippen molar-refractivity contribution in [3.63, 3.8) is 0 Å². The van der Waals surface area contributed by atoms with Gasteiger partial charge in [-0.25, -0.2) is 4.98 Å². The van der Waals surface area contributed by atoms with E-state index in [0.29, 0.717) is 18.7 Å². The first-order valence-corrected chi connectivity index (χ1v) is 9.57. The molecule has 1 unspecified atom stereocenters. The van der Waals surface area contributed by atoms with Crippen LogP contribution in [0, 0.1) is 0 Å². The van der Waals surface area contributed by atoms with E-state index in [-0.39, 0.29) is 12.0 Å². The maximum absolute atomic E-state index is 12.3. The van der Waals surface area contributed by atoms with Gasteiger partial charge in [-0.15, -0.1) is 11.3 Å². The van der Waals surface area contributed by atoms with Gasteiger partial charge in [-0.05, 0) is 49.2 Å². The Hall–Kier alpha value is -2.44. The molecule has 2 aromatic carbocycles. The number of aromatic nitrogens is 1. The maximum atomic E-state index is 12.3. The van der Waals surface area contributed by atoms with Crippen molar-refractivity contribution >= 4 is 27.5 Å². The summed E-state index contributed by atoms with van der Waals surface area (Å²) < 4.78 is 12.4. The second kappa shape index (κ2) is 7.85. The predicted molar refractivity (Wildman–Crippen MR) is 102 cm³/mol. The van der Waals surface area contributed by atoms with Gasteiger partial charge in [0.05, 0.1) is 22.9 Å². The summed E-state index contributed by atoms with van der Waals surface area (Å²) in [6, 6.07) is 15.2. The van der Waals surface area contributed by atoms with Crippen LogP contribution in [0.15, 0.2) is 48.5 Å². The number of rotatable bonds is 6. The molecule has 0 radical (unpaired) electrons. The highest BCUT2D eigenvalue weighted by Gasteiger charge is 2.16. The van der Waals surface area contributed by atoms with E-state index < -0.39 is 0 Å². The highest BCUT2D eigenvalue weighted by Crippen LogP contribution is 2.21. The summed E-state index contributed by atoms with van der Waals surface area (Å²) in [5.74, 6) is 0.637. The number of hydrogen-bond acceptors (Lipinski definition) is 5. The second-order valence-corrected chi connectivity index (χ2v) is 7.34. The highest BCUT2D eigenvalue weighted by molar-refractivity contribution is 7.18. The summed E-state index contributed by atoms with van der Waals surface area (Å²) in [5, 5.41) is 3.82. The van der Waals surface area contributed by atoms with Crippen molar-refractivity contribution in [2.24, 2.45) is 0 Å². The van der Waals surface area contributed by atoms with Crippen LogP contribution in [-0.4, -0.2) is 30.2 Å². The predicted octanol–water partition coefficient (Wildman–Crippen LogP) is 3.78. The van der Waals surface area contributed by atoms with Crippen LogP contribution in [0.25, 0.3) is 10.2 Å². The van der Waals surface area contributed by atoms with Gasteiger partial charge >= 0.3 is 0 Å². The number of ether oxygens (including phenoxy) is 2. The average Bonchev–Trinajstić information content (AvgIpc) is 3.34. The van der Waals surface area contributed by atoms with Crippen LogP contribution in [0.1, 0.15) is 28.2 Å². The molecule has 1 amide bonds. The average molecular weight is 368 g/mol. The molecule has 1 N–H and O–H groups in total. The number of thiazole rings is 1. The normalized spacial score (nSPS) is 16.7. The van der Waals surface area contributed by atoms with E-state index in [1.807, 2.05) is 36.4 Å². The molecule has 1 atom stereocenters. The minimum Gasteiger partial charge on any atom is -0.491 e. The summed E-state index contributed by atoms with van der Waals surface area (Å²) in [4.78, 5) is 16.8. The molecule has 26 heavy (non-hydrogen) atoms. The number of fused-ring (bicyclic) bond motifs is 1. The number of hydrogen-bond donors (Lipinski definition) is 1. The van der Waals surface area contributed by atoms with Gasteiger partial charge in [-0.3, -0.25) is 4.79 Å². The molecule has 134 valence electrons. The molecule has 4 rings (SSSR count). The number of benzene rings is 2. The SMILES string of the molecule is O=C(NCc1nc2ccccc2s1)c1ccc(OCC2CCCO2)cc1. The zero-order valence-corrected chi connectivity index (χ0v) is 15.1. The molecule has 0 aliphatic carbocycles. The second-order valence-electron chi connectivity index (χ2n) is 6.23. The van der Waals surface area contributed by atoms with Gasteiger partial charge in [0.1, 0.15) is 17.4 Å². The Morgan fingerprint density at radius 1 is 1.23 bits per heavy atom. The number of nitrogens with zero attached hydrogens (tertiary/aromatic N) is 1. The van der Waals surface area contributed by atoms with Crippen LogP contribution in [0.5, 0.6) is 5.75 Å². The van der Waals surface area contributed by atoms with E-state index in [0.717, 1.165) is 40.4 Å². The Bertz CT molecular complexity index is 852. The highest BCUT2D eigenvalue weighted by atomic mass is 32.1. The van der Waals surface area contributed by atoms with Crippen LogP contribution in [-0.2, 0) is 11.3 Å². The Kier molecular flexibility index (Phi) is 5.13. The van der Waals surface area contributed by atoms with Crippen LogP contribution in [0.4, 0.5) is 0 Å². The molecular weight excluding hydrogens is 348 g/mol. The summed E-state index contributed by atoms with van der Waals surface area (Å²) in [6.07, 6.45) is 2.33. The molecule has 1 aromatic heterocycles. The first-order valence-electron chi connectivity index (χ1n) is 8.75. The van der Waals surface area contributed by atoms with Gasteiger partial charge in [-0.1, -0.05) is 12.1 Å². The molecule has 1 fully saturated rings. The third-order valence-electron chi connectivity index (χ3n) is 4.31. The van der Waals surface area contributed by atoms with E-state index >= 15 is 0 Å². The fourth-order valence-electron chi connectivity index (χ4n) is 2.92. The number of nitrogens with one attached hydrogen (secondary N) is 1. The number of carbonyl (C=O) groups is 1. The largest absolute Gasteiger partial charge is 0.491 e. The summed E-state index contributed by atoms with van der Waals surface area (Å²) in [6.45, 7) is 1.81. The lowest BCUT2D eigenvalue weighted by atomic mass is 10.2. The molecule has 0 bridgehead atoms. The number of amides is 1. The van der Waals surface area contributed by atoms with Gasteiger partial charge < -0.3 is 14.8 Å². The minimum atomic E-state index is -0.116. The van der Waals surface area contributed by atoms with Crippen molar-refractivity contribution in [1.82, 2.24) is 10.3 Å². The lowest BCUT2D eigenvalue weighted by molar-refractivity contribution is 0.0679. The van der Waals surface area contributed by atoms with Crippen LogP contribution in [0.2, 0.25) is 0 Å². The summed E-state index contributed by atoms with van der Waals surface area (Å²) >= 11 is 1.60. The topological polar surface area (TPSA) is 60.5 Å². The number of carbonyl (C=O) groups excluding carboxylic acids is 1. The van der Waals surface area contributed by atoms with Crippen molar-refractivity contribution in [2.75, 3.05) is 13.2 Å². The van der Waals surface area contributed by atoms with Crippen molar-refractivity contribution in [2.45, 2.75) is 25.5 Å². The Balaban J connectivity index is 1.31. The van der Waals surface area contributed by atoms with E-state index in [2.05, 4.69) is 10.3 Å². The molecular formula is C20H20N2O3S. The van der Waals surface area contributed by atoms with Crippen molar-refractivity contribution in [3.05, 3.63) is 59.1 Å². The van der Waals surface area contributed by atoms with Crippen molar-refractivity contribution in [1.29, 1.82) is 0 Å². The molecule has 1 saturated heterocycles. The standard InChI is InChI=1S/C20H20N2O3S/c23-20(21-12-19-22-17-5-1-2-6-18(17)26-19)14-7-9-15(10-8-14)25-13-16-4-3-11-24-16/h1-2,5-10,16H,3-4,11-13H2,(H,21,23). The van der Waals surface area contributed by atoms with Crippen molar-refractivity contribution in [3.8, 4) is 5.75 Å². The first-order chi connectivity index (χ1) is 12.8. The quantitative estimate of drug-likeness (QED) is 0.719. The fraction of sp³-hybridized carbons (Fsp3) is 0.300. The zero-order chi connectivity index (χ0) is 17.8. The molecule has 5 nitrogen and oxygen atoms in total. The van der Waals surface area contributed by atoms with Gasteiger partial charge in [0.15, 0.2) is 0 Å². The fourth-order valence-corrected chi connectivity index (χ4v) is 3.83. The molecule has 6 heteroatoms. The molecule has 3 aromatic rings. The lowest BCUT2D eigenvalue weighted by Crippen LogP contribution is -2.22. The van der Waals surface area contributed by atoms with Crippen LogP contribution >= 0.6 is 11.3 Å². The van der Waals surface area contributed by atoms with E-state index in [1.54, 1.807) is 23.5 Å². The first kappa shape index (κ1) is 17.0. The Morgan fingerprint density at radius 2 is 2.08 bits per heavy atom. The smallest absolute Gasteiger partial charge is 0.251 e. The van der Waals surface area contributed by atoms with Gasteiger partial charge in [0, 0.05) is 12.2 Å². The van der Waals surface area contributed by atoms with E-state index in [4.69, 9.17) is 9.47 Å². The Labute approximate surface area is 156 Å². The molecule has 2 heterocycles. The van der Waals surface area contributed by atoms with E-state index in [1.165, 1.54) is 0 Å². The maximum Gasteiger partial charge on any atom is 0.251 e. The monoisotopic (exact) mass is 368 g/mol. The van der Waals surface area contributed by atoms with Gasteiger partial charge in [0.2, 0.25) is 0 Å². The summed E-state index contributed by atoms with van der Waals surface area (Å²) in [7, 11) is 0. The lowest BCUT2D eigenvalue weighted by Gasteiger charge is -2.11. The van der Waals surface area contributed by atoms with Crippen LogP contribution in [0.3, 0.4) is 0 Å². The Morgan fingerprint density at radius 3 is 2.85 bits per heavy atom. The molecule has 0 spiro atoms. The van der Waals surface area contributed by atoms with Gasteiger partial charge in [-0.2, -0.15) is 0 Å². The van der Waals surface area contributed by atoms with Crippen LogP contribution < -0.4 is 10.1 Å². The summed E-state index contributed by atoms with van der Waals surface area (Å²) in [5.41, 5.74) is 1.57. The van der Waals surface area contributed by atoms with Gasteiger partial charge in [0.25, 0.3) is 5.91 Å².